The molecule has 1 aromatic rings. The Morgan fingerprint density at radius 1 is 1.64 bits per heavy atom. The lowest BCUT2D eigenvalue weighted by Crippen LogP contribution is -2.14. The summed E-state index contributed by atoms with van der Waals surface area (Å²) < 4.78 is 4.63. The molecular weight excluding hydrogens is 198 g/mol. The van der Waals surface area contributed by atoms with Crippen LogP contribution in [0.25, 0.3) is 0 Å². The van der Waals surface area contributed by atoms with E-state index < -0.39 is 0 Å². The Labute approximate surface area is 87.9 Å². The number of nitrogens with zero attached hydrogens (tertiary/aromatic N) is 1. The number of carbonyl (C=O) groups excluding carboxylic acids is 1. The van der Waals surface area contributed by atoms with Crippen LogP contribution < -0.4 is 0 Å². The zero-order valence-electron chi connectivity index (χ0n) is 8.27. The second kappa shape index (κ2) is 5.65. The highest BCUT2D eigenvalue weighted by Gasteiger charge is 2.13. The molecular formula is C10H13NO2S. The summed E-state index contributed by atoms with van der Waals surface area (Å²) in [5.41, 5.74) is 0. The molecule has 3 nitrogen and oxygen atoms in total. The van der Waals surface area contributed by atoms with Crippen molar-refractivity contribution in [2.24, 2.45) is 5.92 Å². The zero-order valence-corrected chi connectivity index (χ0v) is 9.08. The maximum Gasteiger partial charge on any atom is 0.309 e. The van der Waals surface area contributed by atoms with Crippen molar-refractivity contribution in [2.45, 2.75) is 11.9 Å². The first-order valence-corrected chi connectivity index (χ1v) is 5.34. The van der Waals surface area contributed by atoms with Crippen LogP contribution in [0.2, 0.25) is 0 Å². The van der Waals surface area contributed by atoms with Crippen molar-refractivity contribution in [1.29, 1.82) is 0 Å². The Kier molecular flexibility index (Phi) is 4.46. The van der Waals surface area contributed by atoms with Crippen molar-refractivity contribution in [3.8, 4) is 0 Å². The number of esters is 1. The molecule has 0 fully saturated rings. The Morgan fingerprint density at radius 3 is 3.00 bits per heavy atom. The van der Waals surface area contributed by atoms with Gasteiger partial charge in [-0.25, -0.2) is 4.98 Å². The van der Waals surface area contributed by atoms with Crippen molar-refractivity contribution in [3.63, 3.8) is 0 Å². The second-order valence-corrected chi connectivity index (χ2v) is 3.94. The smallest absolute Gasteiger partial charge is 0.309 e. The molecule has 1 atom stereocenters. The average molecular weight is 211 g/mol. The van der Waals surface area contributed by atoms with E-state index in [2.05, 4.69) is 9.72 Å². The minimum absolute atomic E-state index is 0.0907. The van der Waals surface area contributed by atoms with E-state index in [4.69, 9.17) is 0 Å². The van der Waals surface area contributed by atoms with Crippen LogP contribution in [0.15, 0.2) is 29.4 Å². The Bertz CT molecular complexity index is 289. The SMILES string of the molecule is COC(=O)C(C)CSc1ccccn1. The molecule has 0 amide bonds. The number of ether oxygens (including phenoxy) is 1. The second-order valence-electron chi connectivity index (χ2n) is 2.90. The van der Waals surface area contributed by atoms with Gasteiger partial charge in [0.15, 0.2) is 0 Å². The molecule has 0 N–H and O–H groups in total. The lowest BCUT2D eigenvalue weighted by molar-refractivity contribution is -0.143. The first-order valence-electron chi connectivity index (χ1n) is 4.35. The third kappa shape index (κ3) is 3.38. The van der Waals surface area contributed by atoms with Gasteiger partial charge in [0, 0.05) is 11.9 Å². The largest absolute Gasteiger partial charge is 0.469 e. The van der Waals surface area contributed by atoms with Gasteiger partial charge in [0.25, 0.3) is 0 Å². The number of aromatic nitrogens is 1. The average Bonchev–Trinajstić information content (AvgIpc) is 2.26. The van der Waals surface area contributed by atoms with Gasteiger partial charge in [-0.05, 0) is 12.1 Å². The summed E-state index contributed by atoms with van der Waals surface area (Å²) in [5.74, 6) is 0.435. The lowest BCUT2D eigenvalue weighted by atomic mass is 10.2. The Morgan fingerprint density at radius 2 is 2.43 bits per heavy atom. The van der Waals surface area contributed by atoms with Crippen molar-refractivity contribution in [3.05, 3.63) is 24.4 Å². The molecule has 1 rings (SSSR count). The number of pyridine rings is 1. The molecule has 0 aliphatic rings. The standard InChI is InChI=1S/C10H13NO2S/c1-8(10(12)13-2)7-14-9-5-3-4-6-11-9/h3-6,8H,7H2,1-2H3. The van der Waals surface area contributed by atoms with Gasteiger partial charge in [0.05, 0.1) is 18.1 Å². The fraction of sp³-hybridized carbons (Fsp3) is 0.400. The van der Waals surface area contributed by atoms with E-state index in [0.29, 0.717) is 5.75 Å². The van der Waals surface area contributed by atoms with E-state index in [1.165, 1.54) is 7.11 Å². The molecule has 0 aliphatic heterocycles. The number of carbonyl (C=O) groups is 1. The molecule has 1 heterocycles. The van der Waals surface area contributed by atoms with E-state index in [1.54, 1.807) is 18.0 Å². The van der Waals surface area contributed by atoms with Crippen LogP contribution in [0.5, 0.6) is 0 Å². The predicted molar refractivity (Wildman–Crippen MR) is 56.1 cm³/mol. The van der Waals surface area contributed by atoms with Gasteiger partial charge in [-0.2, -0.15) is 0 Å². The summed E-state index contributed by atoms with van der Waals surface area (Å²) in [6.45, 7) is 1.85. The van der Waals surface area contributed by atoms with E-state index in [-0.39, 0.29) is 11.9 Å². The van der Waals surface area contributed by atoms with Gasteiger partial charge >= 0.3 is 5.97 Å². The lowest BCUT2D eigenvalue weighted by Gasteiger charge is -2.07. The summed E-state index contributed by atoms with van der Waals surface area (Å²) in [4.78, 5) is 15.2. The summed E-state index contributed by atoms with van der Waals surface area (Å²) in [6.07, 6.45) is 1.74. The molecule has 76 valence electrons. The molecule has 4 heteroatoms. The molecule has 1 unspecified atom stereocenters. The molecule has 0 aromatic carbocycles. The van der Waals surface area contributed by atoms with Crippen LogP contribution in [-0.4, -0.2) is 23.8 Å². The summed E-state index contributed by atoms with van der Waals surface area (Å²) >= 11 is 1.56. The Balaban J connectivity index is 2.38. The van der Waals surface area contributed by atoms with Gasteiger partial charge in [-0.3, -0.25) is 4.79 Å². The van der Waals surface area contributed by atoms with E-state index in [0.717, 1.165) is 5.03 Å². The number of thioether (sulfide) groups is 1. The molecule has 0 bridgehead atoms. The van der Waals surface area contributed by atoms with Gasteiger partial charge in [0.2, 0.25) is 0 Å². The van der Waals surface area contributed by atoms with Crippen LogP contribution in [0.4, 0.5) is 0 Å². The minimum Gasteiger partial charge on any atom is -0.469 e. The van der Waals surface area contributed by atoms with Gasteiger partial charge in [-0.15, -0.1) is 11.8 Å². The minimum atomic E-state index is -0.173. The number of rotatable bonds is 4. The summed E-state index contributed by atoms with van der Waals surface area (Å²) in [7, 11) is 1.41. The summed E-state index contributed by atoms with van der Waals surface area (Å²) in [5, 5.41) is 0.934. The quantitative estimate of drug-likeness (QED) is 0.564. The number of hydrogen-bond acceptors (Lipinski definition) is 4. The molecule has 0 aliphatic carbocycles. The first-order chi connectivity index (χ1) is 6.74. The fourth-order valence-corrected chi connectivity index (χ4v) is 1.78. The zero-order chi connectivity index (χ0) is 10.4. The highest BCUT2D eigenvalue weighted by Crippen LogP contribution is 2.18. The van der Waals surface area contributed by atoms with Crippen LogP contribution in [-0.2, 0) is 9.53 Å². The van der Waals surface area contributed by atoms with Crippen LogP contribution in [0, 0.1) is 5.92 Å². The maximum absolute atomic E-state index is 11.1. The first kappa shape index (κ1) is 11.0. The number of methoxy groups -OCH3 is 1. The fourth-order valence-electron chi connectivity index (χ4n) is 0.912. The normalized spacial score (nSPS) is 12.1. The van der Waals surface area contributed by atoms with Crippen molar-refractivity contribution < 1.29 is 9.53 Å². The van der Waals surface area contributed by atoms with E-state index in [9.17, 15) is 4.79 Å². The molecule has 0 saturated carbocycles. The third-order valence-electron chi connectivity index (χ3n) is 1.72. The molecule has 0 spiro atoms. The van der Waals surface area contributed by atoms with Crippen LogP contribution in [0.3, 0.4) is 0 Å². The number of hydrogen-bond donors (Lipinski definition) is 0. The highest BCUT2D eigenvalue weighted by molar-refractivity contribution is 7.99. The molecule has 14 heavy (non-hydrogen) atoms. The predicted octanol–water partition coefficient (Wildman–Crippen LogP) is 1.98. The van der Waals surface area contributed by atoms with Crippen molar-refractivity contribution in [2.75, 3.05) is 12.9 Å². The van der Waals surface area contributed by atoms with Gasteiger partial charge < -0.3 is 4.74 Å². The molecule has 0 radical (unpaired) electrons. The van der Waals surface area contributed by atoms with Crippen LogP contribution >= 0.6 is 11.8 Å². The third-order valence-corrected chi connectivity index (χ3v) is 2.93. The van der Waals surface area contributed by atoms with E-state index >= 15 is 0 Å². The highest BCUT2D eigenvalue weighted by atomic mass is 32.2. The molecule has 0 saturated heterocycles. The topological polar surface area (TPSA) is 39.2 Å². The van der Waals surface area contributed by atoms with Crippen molar-refractivity contribution in [1.82, 2.24) is 4.98 Å². The monoisotopic (exact) mass is 211 g/mol. The van der Waals surface area contributed by atoms with Crippen LogP contribution in [0.1, 0.15) is 6.92 Å². The van der Waals surface area contributed by atoms with Gasteiger partial charge in [-0.1, -0.05) is 13.0 Å². The van der Waals surface area contributed by atoms with Crippen molar-refractivity contribution >= 4 is 17.7 Å². The molecule has 1 aromatic heterocycles. The van der Waals surface area contributed by atoms with Gasteiger partial charge in [0.1, 0.15) is 0 Å². The Hall–Kier alpha value is -1.03. The van der Waals surface area contributed by atoms with E-state index in [1.807, 2.05) is 25.1 Å². The summed E-state index contributed by atoms with van der Waals surface area (Å²) in [6, 6.07) is 5.72. The maximum atomic E-state index is 11.1.